The van der Waals surface area contributed by atoms with Crippen LogP contribution in [0.1, 0.15) is 32.0 Å². The molecule has 0 aliphatic heterocycles. The fourth-order valence-electron chi connectivity index (χ4n) is 3.41. The smallest absolute Gasteiger partial charge is 0.323 e. The molecule has 2 N–H and O–H groups in total. The molecule has 0 aliphatic carbocycles. The van der Waals surface area contributed by atoms with E-state index in [0.717, 1.165) is 17.1 Å². The zero-order valence-electron chi connectivity index (χ0n) is 19.3. The number of ether oxygens (including phenoxy) is 1. The predicted molar refractivity (Wildman–Crippen MR) is 133 cm³/mol. The van der Waals surface area contributed by atoms with Crippen molar-refractivity contribution < 1.29 is 9.53 Å². The van der Waals surface area contributed by atoms with Crippen molar-refractivity contribution in [2.24, 2.45) is 0 Å². The Hall–Kier alpha value is -4.06. The van der Waals surface area contributed by atoms with E-state index in [4.69, 9.17) is 4.74 Å². The van der Waals surface area contributed by atoms with Crippen molar-refractivity contribution in [2.45, 2.75) is 33.1 Å². The van der Waals surface area contributed by atoms with Crippen molar-refractivity contribution in [1.29, 1.82) is 0 Å². The number of aryl methyl sites for hydroxylation is 1. The van der Waals surface area contributed by atoms with Crippen LogP contribution in [-0.4, -0.2) is 15.8 Å². The Morgan fingerprint density at radius 2 is 1.55 bits per heavy atom. The molecule has 0 bridgehead atoms. The molecule has 0 aliphatic rings. The molecule has 168 valence electrons. The van der Waals surface area contributed by atoms with Crippen molar-refractivity contribution in [3.8, 4) is 17.3 Å². The van der Waals surface area contributed by atoms with E-state index in [1.54, 1.807) is 10.7 Å². The number of nitrogens with one attached hydrogen (secondary N) is 2. The first kappa shape index (κ1) is 22.1. The van der Waals surface area contributed by atoms with Gasteiger partial charge in [0.25, 0.3) is 0 Å². The van der Waals surface area contributed by atoms with Gasteiger partial charge >= 0.3 is 6.03 Å². The summed E-state index contributed by atoms with van der Waals surface area (Å²) in [5, 5.41) is 10.3. The van der Waals surface area contributed by atoms with Gasteiger partial charge in [-0.2, -0.15) is 5.10 Å². The highest BCUT2D eigenvalue weighted by atomic mass is 16.5. The van der Waals surface area contributed by atoms with Crippen LogP contribution in [0, 0.1) is 6.92 Å². The topological polar surface area (TPSA) is 68.2 Å². The maximum atomic E-state index is 12.7. The number of rotatable bonds is 5. The maximum Gasteiger partial charge on any atom is 0.323 e. The van der Waals surface area contributed by atoms with Gasteiger partial charge < -0.3 is 15.4 Å². The van der Waals surface area contributed by atoms with Crippen molar-refractivity contribution in [3.05, 3.63) is 96.2 Å². The molecule has 1 aromatic heterocycles. The standard InChI is InChI=1S/C27H28N4O2/c1-19-18-25(31(30-19)22-10-6-5-7-11-22)33-24-13-9-8-12-23(24)29-26(32)28-21-16-14-20(15-17-21)27(2,3)4/h5-18H,1-4H3,(H2,28,29,32). The van der Waals surface area contributed by atoms with E-state index < -0.39 is 0 Å². The van der Waals surface area contributed by atoms with Crippen molar-refractivity contribution in [2.75, 3.05) is 10.6 Å². The van der Waals surface area contributed by atoms with E-state index in [9.17, 15) is 4.79 Å². The summed E-state index contributed by atoms with van der Waals surface area (Å²) in [5.41, 5.74) is 4.26. The number of amides is 2. The minimum absolute atomic E-state index is 0.0572. The number of hydrogen-bond donors (Lipinski definition) is 2. The molecule has 33 heavy (non-hydrogen) atoms. The third-order valence-electron chi connectivity index (χ3n) is 5.16. The molecule has 0 spiro atoms. The van der Waals surface area contributed by atoms with Crippen LogP contribution in [0.4, 0.5) is 16.2 Å². The maximum absolute atomic E-state index is 12.7. The van der Waals surface area contributed by atoms with Gasteiger partial charge in [0, 0.05) is 11.8 Å². The predicted octanol–water partition coefficient (Wildman–Crippen LogP) is 6.91. The molecule has 2 amide bonds. The van der Waals surface area contributed by atoms with Gasteiger partial charge in [-0.1, -0.05) is 63.2 Å². The van der Waals surface area contributed by atoms with E-state index in [2.05, 4.69) is 36.5 Å². The Kier molecular flexibility index (Phi) is 6.18. The molecule has 6 nitrogen and oxygen atoms in total. The fraction of sp³-hybridized carbons (Fsp3) is 0.185. The molecular formula is C27H28N4O2. The number of urea groups is 1. The average molecular weight is 441 g/mol. The number of hydrogen-bond acceptors (Lipinski definition) is 3. The van der Waals surface area contributed by atoms with Gasteiger partial charge in [-0.3, -0.25) is 0 Å². The number of para-hydroxylation sites is 3. The molecule has 4 aromatic rings. The van der Waals surface area contributed by atoms with E-state index in [1.165, 1.54) is 5.56 Å². The summed E-state index contributed by atoms with van der Waals surface area (Å²) < 4.78 is 7.92. The first-order valence-electron chi connectivity index (χ1n) is 10.9. The number of nitrogens with zero attached hydrogens (tertiary/aromatic N) is 2. The highest BCUT2D eigenvalue weighted by molar-refractivity contribution is 6.00. The Morgan fingerprint density at radius 3 is 2.24 bits per heavy atom. The molecule has 0 radical (unpaired) electrons. The number of carbonyl (C=O) groups excluding carboxylic acids is 1. The zero-order chi connectivity index (χ0) is 23.4. The Balaban J connectivity index is 1.50. The molecule has 0 saturated carbocycles. The van der Waals surface area contributed by atoms with Crippen LogP contribution in [0.5, 0.6) is 11.6 Å². The number of aromatic nitrogens is 2. The highest BCUT2D eigenvalue weighted by Gasteiger charge is 2.15. The van der Waals surface area contributed by atoms with Crippen molar-refractivity contribution in [3.63, 3.8) is 0 Å². The second kappa shape index (κ2) is 9.20. The van der Waals surface area contributed by atoms with Gasteiger partial charge in [0.2, 0.25) is 5.88 Å². The Labute approximate surface area is 194 Å². The molecular weight excluding hydrogens is 412 g/mol. The van der Waals surface area contributed by atoms with Gasteiger partial charge in [-0.25, -0.2) is 9.48 Å². The first-order chi connectivity index (χ1) is 15.8. The summed E-state index contributed by atoms with van der Waals surface area (Å²) in [4.78, 5) is 12.7. The van der Waals surface area contributed by atoms with Crippen LogP contribution in [0.3, 0.4) is 0 Å². The highest BCUT2D eigenvalue weighted by Crippen LogP contribution is 2.31. The van der Waals surface area contributed by atoms with Crippen LogP contribution >= 0.6 is 0 Å². The van der Waals surface area contributed by atoms with Gasteiger partial charge in [-0.15, -0.1) is 0 Å². The quantitative estimate of drug-likeness (QED) is 0.354. The van der Waals surface area contributed by atoms with Gasteiger partial charge in [0.1, 0.15) is 0 Å². The summed E-state index contributed by atoms with van der Waals surface area (Å²) in [6, 6.07) is 26.5. The van der Waals surface area contributed by atoms with E-state index in [0.29, 0.717) is 17.3 Å². The lowest BCUT2D eigenvalue weighted by molar-refractivity contribution is 0.262. The number of anilines is 2. The molecule has 4 rings (SSSR count). The summed E-state index contributed by atoms with van der Waals surface area (Å²) in [6.07, 6.45) is 0. The minimum Gasteiger partial charge on any atom is -0.437 e. The van der Waals surface area contributed by atoms with Gasteiger partial charge in [0.15, 0.2) is 5.75 Å². The number of carbonyl (C=O) groups is 1. The van der Waals surface area contributed by atoms with E-state index >= 15 is 0 Å². The largest absolute Gasteiger partial charge is 0.437 e. The Bertz CT molecular complexity index is 1240. The monoisotopic (exact) mass is 440 g/mol. The summed E-state index contributed by atoms with van der Waals surface area (Å²) >= 11 is 0. The normalized spacial score (nSPS) is 11.2. The van der Waals surface area contributed by atoms with Crippen LogP contribution in [0.2, 0.25) is 0 Å². The second-order valence-electron chi connectivity index (χ2n) is 8.88. The van der Waals surface area contributed by atoms with E-state index in [-0.39, 0.29) is 11.4 Å². The fourth-order valence-corrected chi connectivity index (χ4v) is 3.41. The Morgan fingerprint density at radius 1 is 0.879 bits per heavy atom. The van der Waals surface area contributed by atoms with Gasteiger partial charge in [0.05, 0.1) is 17.1 Å². The molecule has 6 heteroatoms. The van der Waals surface area contributed by atoms with Crippen LogP contribution in [0.25, 0.3) is 5.69 Å². The third kappa shape index (κ3) is 5.41. The van der Waals surface area contributed by atoms with E-state index in [1.807, 2.05) is 85.8 Å². The molecule has 0 saturated heterocycles. The average Bonchev–Trinajstić information content (AvgIpc) is 3.15. The van der Waals surface area contributed by atoms with Crippen LogP contribution in [-0.2, 0) is 5.41 Å². The van der Waals surface area contributed by atoms with Gasteiger partial charge in [-0.05, 0) is 54.3 Å². The molecule has 0 unspecified atom stereocenters. The number of benzene rings is 3. The summed E-state index contributed by atoms with van der Waals surface area (Å²) in [6.45, 7) is 8.38. The lowest BCUT2D eigenvalue weighted by Crippen LogP contribution is -2.20. The van der Waals surface area contributed by atoms with Crippen molar-refractivity contribution in [1.82, 2.24) is 9.78 Å². The lowest BCUT2D eigenvalue weighted by Gasteiger charge is -2.19. The summed E-state index contributed by atoms with van der Waals surface area (Å²) in [5.74, 6) is 1.08. The van der Waals surface area contributed by atoms with Crippen LogP contribution < -0.4 is 15.4 Å². The molecule has 1 heterocycles. The molecule has 3 aromatic carbocycles. The summed E-state index contributed by atoms with van der Waals surface area (Å²) in [7, 11) is 0. The zero-order valence-corrected chi connectivity index (χ0v) is 19.3. The lowest BCUT2D eigenvalue weighted by atomic mass is 9.87. The minimum atomic E-state index is -0.345. The van der Waals surface area contributed by atoms with Crippen LogP contribution in [0.15, 0.2) is 84.9 Å². The second-order valence-corrected chi connectivity index (χ2v) is 8.88. The van der Waals surface area contributed by atoms with Crippen molar-refractivity contribution >= 4 is 17.4 Å². The molecule has 0 atom stereocenters. The SMILES string of the molecule is Cc1cc(Oc2ccccc2NC(=O)Nc2ccc(C(C)(C)C)cc2)n(-c2ccccc2)n1. The first-order valence-corrected chi connectivity index (χ1v) is 10.9. The third-order valence-corrected chi connectivity index (χ3v) is 5.16. The molecule has 0 fully saturated rings.